The van der Waals surface area contributed by atoms with Gasteiger partial charge in [-0.05, 0) is 110 Å². The Balaban J connectivity index is 1.40. The minimum atomic E-state index is -1.47. The van der Waals surface area contributed by atoms with Crippen molar-refractivity contribution in [1.82, 2.24) is 31.1 Å². The number of guanidine groups is 2. The van der Waals surface area contributed by atoms with Crippen LogP contribution in [0.3, 0.4) is 0 Å². The second kappa shape index (κ2) is 42.6. The fraction of sp³-hybridized carbons (Fsp3) is 0.528. The number of fused-ring (bicyclic) bond motifs is 1. The molecule has 0 spiro atoms. The van der Waals surface area contributed by atoms with Crippen molar-refractivity contribution in [2.24, 2.45) is 74.0 Å². The third-order valence-corrected chi connectivity index (χ3v) is 17.4. The van der Waals surface area contributed by atoms with Gasteiger partial charge < -0.3 is 75.1 Å². The average Bonchev–Trinajstić information content (AvgIpc) is 0.870. The lowest BCUT2D eigenvalue weighted by atomic mass is 9.86. The molecule has 1 aliphatic rings. The highest BCUT2D eigenvalue weighted by Crippen LogP contribution is 2.25. The van der Waals surface area contributed by atoms with Crippen LogP contribution in [0.2, 0.25) is 0 Å². The summed E-state index contributed by atoms with van der Waals surface area (Å²) in [5.74, 6) is -11.1. The van der Waals surface area contributed by atoms with Crippen LogP contribution in [0.25, 0.3) is 10.8 Å². The summed E-state index contributed by atoms with van der Waals surface area (Å²) in [6.45, 7) is 10.9. The number of nitrogens with one attached hydrogen (secondary N) is 4. The highest BCUT2D eigenvalue weighted by atomic mass is 16.5. The van der Waals surface area contributed by atoms with Gasteiger partial charge in [0.05, 0.1) is 44.3 Å². The quantitative estimate of drug-likeness (QED) is 0.0171. The molecule has 27 nitrogen and oxygen atoms in total. The summed E-state index contributed by atoms with van der Waals surface area (Å²) in [4.78, 5) is 153. The van der Waals surface area contributed by atoms with E-state index in [9.17, 15) is 38.7 Å². The van der Waals surface area contributed by atoms with Crippen LogP contribution in [0.5, 0.6) is 5.75 Å². The second-order valence-electron chi connectivity index (χ2n) is 26.1. The van der Waals surface area contributed by atoms with E-state index in [0.29, 0.717) is 44.0 Å². The number of carbonyl (C=O) groups excluding carboxylic acids is 10. The predicted molar refractivity (Wildman–Crippen MR) is 378 cm³/mol. The average molecular weight is 1370 g/mol. The third kappa shape index (κ3) is 30.2. The summed E-state index contributed by atoms with van der Waals surface area (Å²) in [5.41, 5.74) is 35.0. The molecular formula is C72H104N14O13. The summed E-state index contributed by atoms with van der Waals surface area (Å²) in [6, 6.07) is 23.6. The summed E-state index contributed by atoms with van der Waals surface area (Å²) in [6.07, 6.45) is -0.313. The maximum Gasteiger partial charge on any atom is 0.240 e. The maximum atomic E-state index is 15.3. The van der Waals surface area contributed by atoms with Crippen LogP contribution < -0.4 is 55.7 Å². The zero-order valence-electron chi connectivity index (χ0n) is 57.7. The third-order valence-electron chi connectivity index (χ3n) is 17.4. The number of carbonyl (C=O) groups is 10. The van der Waals surface area contributed by atoms with Gasteiger partial charge in [-0.2, -0.15) is 0 Å². The number of piperazine rings is 1. The van der Waals surface area contributed by atoms with Crippen LogP contribution >= 0.6 is 0 Å². The molecule has 0 aliphatic carbocycles. The number of hydrogen-bond donors (Lipinski definition) is 11. The number of ketones is 4. The smallest absolute Gasteiger partial charge is 0.240 e. The van der Waals surface area contributed by atoms with Gasteiger partial charge >= 0.3 is 0 Å². The fourth-order valence-corrected chi connectivity index (χ4v) is 12.0. The Morgan fingerprint density at radius 2 is 1.01 bits per heavy atom. The van der Waals surface area contributed by atoms with Crippen molar-refractivity contribution in [2.45, 2.75) is 135 Å². The molecule has 99 heavy (non-hydrogen) atoms. The number of nitrogens with zero attached hydrogens (tertiary/aromatic N) is 4. The van der Waals surface area contributed by atoms with E-state index in [1.165, 1.54) is 19.1 Å². The summed E-state index contributed by atoms with van der Waals surface area (Å²) in [7, 11) is 1.63. The van der Waals surface area contributed by atoms with Crippen LogP contribution in [0.4, 0.5) is 0 Å². The number of Topliss-reactive ketones (excluding diaryl/α,β-unsaturated/α-hetero) is 4. The van der Waals surface area contributed by atoms with Crippen LogP contribution in [-0.2, 0) is 76.7 Å². The van der Waals surface area contributed by atoms with E-state index >= 15 is 14.4 Å². The Bertz CT molecular complexity index is 3350. The molecule has 5 rings (SSSR count). The van der Waals surface area contributed by atoms with Gasteiger partial charge in [0.15, 0.2) is 29.3 Å². The van der Waals surface area contributed by atoms with Gasteiger partial charge in [0, 0.05) is 109 Å². The number of phenols is 1. The molecule has 0 aromatic heterocycles. The van der Waals surface area contributed by atoms with Gasteiger partial charge in [-0.25, -0.2) is 0 Å². The molecule has 1 heterocycles. The first-order valence-corrected chi connectivity index (χ1v) is 34.1. The number of nitrogens with two attached hydrogens (primary N) is 6. The number of aliphatic imine (C=N–C) groups is 2. The Morgan fingerprint density at radius 3 is 1.59 bits per heavy atom. The normalized spacial score (nSPS) is 15.0. The largest absolute Gasteiger partial charge is 0.508 e. The molecule has 6 amide bonds. The number of benzene rings is 4. The molecule has 540 valence electrons. The molecule has 1 aliphatic heterocycles. The lowest BCUT2D eigenvalue weighted by Crippen LogP contribution is -2.50. The number of amides is 6. The van der Waals surface area contributed by atoms with Gasteiger partial charge in [-0.3, -0.25) is 62.8 Å². The van der Waals surface area contributed by atoms with Gasteiger partial charge in [0.25, 0.3) is 0 Å². The lowest BCUT2D eigenvalue weighted by molar-refractivity contribution is -0.136. The lowest BCUT2D eigenvalue weighted by Gasteiger charge is -2.34. The standard InChI is InChI=1S/C72H104N14O13/c1-46(2)35-55(43-64(91)60(39-50-19-22-51-15-8-9-16-52(51)37-50)83-70(97)56(36-49-20-23-57(87)24-21-49)40-58(88)45-86-30-28-85(29-31-86)27-12-32-99-34-33-98-4)69(96)82-59(38-48-13-6-5-7-14-48)63(90)42-54(18-11-26-80-72(77)78)67(94)81-47(3)62(89)41-53(17-10-25-79-71(75)76)68(95)84-61(66(74)93)44-65(73)92/h5-9,13-16,19-24,37,46-47,53-56,59-61,87H,10-12,17-18,25-36,38-45H2,1-4H3,(H2,73,92)(H2,74,93)(H,81,94)(H,82,96)(H,83,97)(H,84,95)(H4,75,76,79)(H4,77,78,80)/t47-,53+,54+,55+,56+,59-,60-,61-/m0/s1. The molecule has 27 heteroatoms. The monoisotopic (exact) mass is 1370 g/mol. The summed E-state index contributed by atoms with van der Waals surface area (Å²) < 4.78 is 10.7. The SMILES string of the molecule is COCCOCCCN1CCN(CC(=O)C[C@@H](Cc2ccc(O)cc2)C(=O)N[C@@H](Cc2ccc3ccccc3c2)C(=O)C[C@@H](CC(C)C)C(=O)N[C@@H](Cc2ccccc2)C(=O)C[C@@H](CCCN=C(N)N)C(=O)N[C@@H](C)C(=O)C[C@@H](CCCN=C(N)N)C(=O)N[C@@H](CC(N)=O)C(N)=O)CC1. The topological polar surface area (TPSA) is 445 Å². The Kier molecular flexibility index (Phi) is 34.6. The van der Waals surface area contributed by atoms with Crippen molar-refractivity contribution in [1.29, 1.82) is 0 Å². The molecular weight excluding hydrogens is 1270 g/mol. The minimum absolute atomic E-state index is 0.0163. The zero-order valence-corrected chi connectivity index (χ0v) is 57.7. The maximum absolute atomic E-state index is 15.3. The van der Waals surface area contributed by atoms with Crippen LogP contribution in [0, 0.1) is 29.6 Å². The summed E-state index contributed by atoms with van der Waals surface area (Å²) >= 11 is 0. The number of methoxy groups -OCH3 is 1. The number of aromatic hydroxyl groups is 1. The fourth-order valence-electron chi connectivity index (χ4n) is 12.0. The van der Waals surface area contributed by atoms with Gasteiger partial charge in [0.1, 0.15) is 17.6 Å². The molecule has 1 saturated heterocycles. The first kappa shape index (κ1) is 80.5. The van der Waals surface area contributed by atoms with Crippen LogP contribution in [0.15, 0.2) is 107 Å². The highest BCUT2D eigenvalue weighted by molar-refractivity contribution is 5.98. The van der Waals surface area contributed by atoms with E-state index in [2.05, 4.69) is 41.1 Å². The zero-order chi connectivity index (χ0) is 72.4. The van der Waals surface area contributed by atoms with Crippen molar-refractivity contribution in [3.8, 4) is 5.75 Å². The molecule has 4 aromatic carbocycles. The molecule has 1 fully saturated rings. The van der Waals surface area contributed by atoms with E-state index in [1.54, 1.807) is 49.6 Å². The molecule has 0 unspecified atom stereocenters. The van der Waals surface area contributed by atoms with Gasteiger partial charge in [0.2, 0.25) is 35.4 Å². The van der Waals surface area contributed by atoms with Crippen molar-refractivity contribution in [3.63, 3.8) is 0 Å². The molecule has 4 aromatic rings. The minimum Gasteiger partial charge on any atom is -0.508 e. The van der Waals surface area contributed by atoms with E-state index < -0.39 is 120 Å². The van der Waals surface area contributed by atoms with E-state index in [4.69, 9.17) is 43.9 Å². The van der Waals surface area contributed by atoms with E-state index in [1.807, 2.05) is 56.3 Å². The predicted octanol–water partition coefficient (Wildman–Crippen LogP) is 2.02. The number of phenolic OH excluding ortho intramolecular Hbond substituents is 1. The first-order chi connectivity index (χ1) is 47.3. The molecule has 0 bridgehead atoms. The van der Waals surface area contributed by atoms with Gasteiger partial charge in [-0.1, -0.05) is 98.8 Å². The molecule has 8 atom stereocenters. The Hall–Kier alpha value is -9.18. The molecule has 17 N–H and O–H groups in total. The number of rotatable bonds is 47. The van der Waals surface area contributed by atoms with Crippen molar-refractivity contribution in [3.05, 3.63) is 114 Å². The second-order valence-corrected chi connectivity index (χ2v) is 26.1. The van der Waals surface area contributed by atoms with Crippen molar-refractivity contribution >= 4 is 81.3 Å². The van der Waals surface area contributed by atoms with Gasteiger partial charge in [-0.15, -0.1) is 0 Å². The first-order valence-electron chi connectivity index (χ1n) is 34.1. The Labute approximate surface area is 580 Å². The highest BCUT2D eigenvalue weighted by Gasteiger charge is 2.36. The van der Waals surface area contributed by atoms with Crippen molar-refractivity contribution in [2.75, 3.05) is 79.3 Å². The Morgan fingerprint density at radius 1 is 0.505 bits per heavy atom. The van der Waals surface area contributed by atoms with Crippen LogP contribution in [0.1, 0.15) is 108 Å². The summed E-state index contributed by atoms with van der Waals surface area (Å²) in [5, 5.41) is 23.2. The number of ether oxygens (including phenoxy) is 2. The van der Waals surface area contributed by atoms with Crippen LogP contribution in [-0.4, -0.2) is 189 Å². The number of primary amides is 2. The van der Waals surface area contributed by atoms with E-state index in [-0.39, 0.29) is 113 Å². The van der Waals surface area contributed by atoms with E-state index in [0.717, 1.165) is 42.4 Å². The van der Waals surface area contributed by atoms with Crippen molar-refractivity contribution < 1.29 is 62.5 Å². The number of hydrogen-bond acceptors (Lipinski definition) is 17. The molecule has 0 radical (unpaired) electrons. The molecule has 0 saturated carbocycles.